The lowest BCUT2D eigenvalue weighted by Gasteiger charge is -2.44. The molecule has 16 heavy (non-hydrogen) atoms. The second-order valence-corrected chi connectivity index (χ2v) is 4.46. The van der Waals surface area contributed by atoms with Crippen molar-refractivity contribution in [2.75, 3.05) is 7.11 Å². The number of hydrogen-bond acceptors (Lipinski definition) is 3. The Hall–Kier alpha value is -1.35. The van der Waals surface area contributed by atoms with Gasteiger partial charge in [0.15, 0.2) is 0 Å². The maximum atomic E-state index is 11.6. The second-order valence-electron chi connectivity index (χ2n) is 4.46. The number of benzene rings is 1. The van der Waals surface area contributed by atoms with Crippen molar-refractivity contribution in [1.29, 1.82) is 0 Å². The molecule has 2 rings (SSSR count). The van der Waals surface area contributed by atoms with Gasteiger partial charge < -0.3 is 10.5 Å². The highest BCUT2D eigenvalue weighted by Gasteiger charge is 2.50. The number of rotatable bonds is 3. The SMILES string of the molecule is COC(=O)[C@@]1(N)CC[C@H]1Cc1ccccc1. The molecule has 0 saturated heterocycles. The van der Waals surface area contributed by atoms with Crippen LogP contribution >= 0.6 is 0 Å². The summed E-state index contributed by atoms with van der Waals surface area (Å²) in [6, 6.07) is 10.1. The normalized spacial score (nSPS) is 28.2. The predicted molar refractivity (Wildman–Crippen MR) is 61.8 cm³/mol. The molecule has 1 aliphatic rings. The van der Waals surface area contributed by atoms with Crippen LogP contribution in [-0.2, 0) is 16.0 Å². The van der Waals surface area contributed by atoms with Crippen molar-refractivity contribution >= 4 is 5.97 Å². The van der Waals surface area contributed by atoms with Gasteiger partial charge in [-0.1, -0.05) is 30.3 Å². The van der Waals surface area contributed by atoms with Gasteiger partial charge in [-0.15, -0.1) is 0 Å². The maximum absolute atomic E-state index is 11.6. The lowest BCUT2D eigenvalue weighted by Crippen LogP contribution is -2.61. The van der Waals surface area contributed by atoms with Gasteiger partial charge in [-0.25, -0.2) is 0 Å². The van der Waals surface area contributed by atoms with Crippen LogP contribution in [0.25, 0.3) is 0 Å². The fourth-order valence-electron chi connectivity index (χ4n) is 2.30. The van der Waals surface area contributed by atoms with Gasteiger partial charge in [0.1, 0.15) is 5.54 Å². The molecular formula is C13H17NO2. The first-order chi connectivity index (χ1) is 7.66. The molecule has 3 heteroatoms. The number of nitrogens with two attached hydrogens (primary N) is 1. The Morgan fingerprint density at radius 3 is 2.69 bits per heavy atom. The highest BCUT2D eigenvalue weighted by Crippen LogP contribution is 2.39. The second kappa shape index (κ2) is 4.26. The predicted octanol–water partition coefficient (Wildman–Crippen LogP) is 1.51. The van der Waals surface area contributed by atoms with Crippen LogP contribution in [0.15, 0.2) is 30.3 Å². The molecule has 2 N–H and O–H groups in total. The van der Waals surface area contributed by atoms with E-state index in [0.717, 1.165) is 19.3 Å². The van der Waals surface area contributed by atoms with Crippen LogP contribution in [0, 0.1) is 5.92 Å². The Morgan fingerprint density at radius 1 is 1.50 bits per heavy atom. The summed E-state index contributed by atoms with van der Waals surface area (Å²) in [5, 5.41) is 0. The number of hydrogen-bond donors (Lipinski definition) is 1. The van der Waals surface area contributed by atoms with Crippen molar-refractivity contribution in [2.24, 2.45) is 11.7 Å². The molecule has 0 heterocycles. The summed E-state index contributed by atoms with van der Waals surface area (Å²) < 4.78 is 4.76. The summed E-state index contributed by atoms with van der Waals surface area (Å²) >= 11 is 0. The van der Waals surface area contributed by atoms with E-state index < -0.39 is 5.54 Å². The minimum atomic E-state index is -0.759. The van der Waals surface area contributed by atoms with E-state index in [4.69, 9.17) is 10.5 Å². The summed E-state index contributed by atoms with van der Waals surface area (Å²) in [6.07, 6.45) is 2.59. The summed E-state index contributed by atoms with van der Waals surface area (Å²) in [7, 11) is 1.40. The van der Waals surface area contributed by atoms with E-state index in [-0.39, 0.29) is 11.9 Å². The third-order valence-electron chi connectivity index (χ3n) is 3.53. The van der Waals surface area contributed by atoms with Gasteiger partial charge >= 0.3 is 5.97 Å². The highest BCUT2D eigenvalue weighted by atomic mass is 16.5. The minimum Gasteiger partial charge on any atom is -0.468 e. The number of ether oxygens (including phenoxy) is 1. The fourth-order valence-corrected chi connectivity index (χ4v) is 2.30. The average Bonchev–Trinajstić information content (AvgIpc) is 2.34. The Kier molecular flexibility index (Phi) is 2.97. The molecule has 2 atom stereocenters. The molecule has 1 aromatic carbocycles. The quantitative estimate of drug-likeness (QED) is 0.784. The lowest BCUT2D eigenvalue weighted by atomic mass is 9.65. The van der Waals surface area contributed by atoms with Crippen LogP contribution in [-0.4, -0.2) is 18.6 Å². The fraction of sp³-hybridized carbons (Fsp3) is 0.462. The van der Waals surface area contributed by atoms with E-state index >= 15 is 0 Å². The molecule has 0 aliphatic heterocycles. The Bertz CT molecular complexity index is 377. The molecule has 0 bridgehead atoms. The average molecular weight is 219 g/mol. The molecule has 0 radical (unpaired) electrons. The number of esters is 1. The molecule has 1 aliphatic carbocycles. The van der Waals surface area contributed by atoms with E-state index in [1.165, 1.54) is 12.7 Å². The largest absolute Gasteiger partial charge is 0.468 e. The topological polar surface area (TPSA) is 52.3 Å². The number of carbonyl (C=O) groups excluding carboxylic acids is 1. The number of carbonyl (C=O) groups is 1. The van der Waals surface area contributed by atoms with Crippen LogP contribution in [0.2, 0.25) is 0 Å². The van der Waals surface area contributed by atoms with Crippen LogP contribution in [0.4, 0.5) is 0 Å². The molecule has 0 unspecified atom stereocenters. The van der Waals surface area contributed by atoms with Crippen LogP contribution in [0.5, 0.6) is 0 Å². The van der Waals surface area contributed by atoms with E-state index in [1.54, 1.807) is 0 Å². The molecule has 0 amide bonds. The van der Waals surface area contributed by atoms with Gasteiger partial charge in [0.2, 0.25) is 0 Å². The molecule has 0 aromatic heterocycles. The minimum absolute atomic E-state index is 0.211. The highest BCUT2D eigenvalue weighted by molar-refractivity contribution is 5.82. The van der Waals surface area contributed by atoms with Crippen LogP contribution in [0.3, 0.4) is 0 Å². The molecule has 1 saturated carbocycles. The van der Waals surface area contributed by atoms with E-state index in [2.05, 4.69) is 12.1 Å². The first kappa shape index (κ1) is 11.1. The third kappa shape index (κ3) is 1.83. The molecule has 3 nitrogen and oxygen atoms in total. The van der Waals surface area contributed by atoms with Gasteiger partial charge in [0, 0.05) is 0 Å². The summed E-state index contributed by atoms with van der Waals surface area (Å²) in [6.45, 7) is 0. The molecule has 1 fully saturated rings. The van der Waals surface area contributed by atoms with E-state index in [1.807, 2.05) is 18.2 Å². The molecule has 86 valence electrons. The molecular weight excluding hydrogens is 202 g/mol. The first-order valence-electron chi connectivity index (χ1n) is 5.58. The van der Waals surface area contributed by atoms with Crippen molar-refractivity contribution in [3.63, 3.8) is 0 Å². The first-order valence-corrected chi connectivity index (χ1v) is 5.58. The van der Waals surface area contributed by atoms with Gasteiger partial charge in [0.05, 0.1) is 7.11 Å². The molecule has 0 spiro atoms. The molecule has 1 aromatic rings. The summed E-state index contributed by atoms with van der Waals surface area (Å²) in [5.74, 6) is -0.0676. The zero-order valence-corrected chi connectivity index (χ0v) is 9.48. The van der Waals surface area contributed by atoms with Crippen molar-refractivity contribution < 1.29 is 9.53 Å². The maximum Gasteiger partial charge on any atom is 0.326 e. The summed E-state index contributed by atoms with van der Waals surface area (Å²) in [4.78, 5) is 11.6. The summed E-state index contributed by atoms with van der Waals surface area (Å²) in [5.41, 5.74) is 6.54. The third-order valence-corrected chi connectivity index (χ3v) is 3.53. The Morgan fingerprint density at radius 2 is 2.19 bits per heavy atom. The van der Waals surface area contributed by atoms with Crippen molar-refractivity contribution in [2.45, 2.75) is 24.8 Å². The van der Waals surface area contributed by atoms with Crippen molar-refractivity contribution in [3.8, 4) is 0 Å². The van der Waals surface area contributed by atoms with Gasteiger partial charge in [-0.3, -0.25) is 4.79 Å². The monoisotopic (exact) mass is 219 g/mol. The smallest absolute Gasteiger partial charge is 0.326 e. The van der Waals surface area contributed by atoms with Gasteiger partial charge in [0.25, 0.3) is 0 Å². The zero-order valence-electron chi connectivity index (χ0n) is 9.48. The van der Waals surface area contributed by atoms with Crippen LogP contribution in [0.1, 0.15) is 18.4 Å². The van der Waals surface area contributed by atoms with Crippen LogP contribution < -0.4 is 5.73 Å². The Labute approximate surface area is 95.6 Å². The van der Waals surface area contributed by atoms with E-state index in [0.29, 0.717) is 0 Å². The van der Waals surface area contributed by atoms with Crippen molar-refractivity contribution in [3.05, 3.63) is 35.9 Å². The van der Waals surface area contributed by atoms with Crippen molar-refractivity contribution in [1.82, 2.24) is 0 Å². The van der Waals surface area contributed by atoms with Gasteiger partial charge in [-0.2, -0.15) is 0 Å². The lowest BCUT2D eigenvalue weighted by molar-refractivity contribution is -0.154. The Balaban J connectivity index is 2.05. The number of methoxy groups -OCH3 is 1. The zero-order chi connectivity index (χ0) is 11.6. The standard InChI is InChI=1S/C13H17NO2/c1-16-12(15)13(14)8-7-11(13)9-10-5-3-2-4-6-10/h2-6,11H,7-9,14H2,1H3/t11-,13+/m0/s1. The van der Waals surface area contributed by atoms with E-state index in [9.17, 15) is 4.79 Å². The van der Waals surface area contributed by atoms with Gasteiger partial charge in [-0.05, 0) is 30.7 Å².